The van der Waals surface area contributed by atoms with Crippen molar-refractivity contribution in [3.8, 4) is 0 Å². The van der Waals surface area contributed by atoms with Gasteiger partial charge in [0.1, 0.15) is 11.9 Å². The van der Waals surface area contributed by atoms with Gasteiger partial charge in [0, 0.05) is 25.4 Å². The van der Waals surface area contributed by atoms with Crippen LogP contribution in [0, 0.1) is 11.2 Å². The molecule has 2 aliphatic heterocycles. The fourth-order valence-electron chi connectivity index (χ4n) is 3.69. The lowest BCUT2D eigenvalue weighted by Crippen LogP contribution is -2.53. The number of nitrogens with zero attached hydrogens (tertiary/aromatic N) is 1. The summed E-state index contributed by atoms with van der Waals surface area (Å²) in [6, 6.07) is 6.45. The average Bonchev–Trinajstić information content (AvgIpc) is 3.11. The van der Waals surface area contributed by atoms with Gasteiger partial charge in [-0.15, -0.1) is 0 Å². The minimum absolute atomic E-state index is 0.109. The van der Waals surface area contributed by atoms with E-state index < -0.39 is 5.41 Å². The van der Waals surface area contributed by atoms with Gasteiger partial charge in [0.2, 0.25) is 5.91 Å². The first-order valence-electron chi connectivity index (χ1n) is 9.53. The molecular weight excluding hydrogens is 333 g/mol. The number of halogens is 1. The molecule has 0 radical (unpaired) electrons. The maximum Gasteiger partial charge on any atom is 0.227 e. The monoisotopic (exact) mass is 361 g/mol. The smallest absolute Gasteiger partial charge is 0.227 e. The molecule has 2 heterocycles. The lowest BCUT2D eigenvalue weighted by Gasteiger charge is -2.38. The number of benzene rings is 1. The van der Waals surface area contributed by atoms with Gasteiger partial charge in [0.25, 0.3) is 0 Å². The van der Waals surface area contributed by atoms with Crippen LogP contribution in [0.5, 0.6) is 0 Å². The molecule has 1 aromatic rings. The Morgan fingerprint density at radius 1 is 1.46 bits per heavy atom. The SMILES string of the molecule is CC[C@@H](C)NC(=O)[C@]1(C[C@@H]2CC(c3ccc(F)cc3)=NO2)CCCNC1. The Morgan fingerprint density at radius 2 is 2.23 bits per heavy atom. The molecule has 26 heavy (non-hydrogen) atoms. The third-order valence-corrected chi connectivity index (χ3v) is 5.47. The van der Waals surface area contributed by atoms with Crippen LogP contribution in [0.3, 0.4) is 0 Å². The van der Waals surface area contributed by atoms with E-state index in [1.807, 2.05) is 6.92 Å². The van der Waals surface area contributed by atoms with Crippen LogP contribution in [-0.2, 0) is 9.63 Å². The molecule has 3 rings (SSSR count). The van der Waals surface area contributed by atoms with Crippen molar-refractivity contribution >= 4 is 11.6 Å². The van der Waals surface area contributed by atoms with Gasteiger partial charge in [-0.3, -0.25) is 4.79 Å². The van der Waals surface area contributed by atoms with E-state index in [0.29, 0.717) is 19.4 Å². The highest BCUT2D eigenvalue weighted by Crippen LogP contribution is 2.35. The normalized spacial score (nSPS) is 26.7. The van der Waals surface area contributed by atoms with Crippen molar-refractivity contribution in [3.63, 3.8) is 0 Å². The predicted molar refractivity (Wildman–Crippen MR) is 99.5 cm³/mol. The zero-order valence-corrected chi connectivity index (χ0v) is 15.6. The molecule has 0 aromatic heterocycles. The van der Waals surface area contributed by atoms with Crippen LogP contribution in [0.15, 0.2) is 29.4 Å². The van der Waals surface area contributed by atoms with Crippen LogP contribution >= 0.6 is 0 Å². The molecule has 3 atom stereocenters. The summed E-state index contributed by atoms with van der Waals surface area (Å²) in [5.74, 6) is -0.156. The molecule has 6 heteroatoms. The van der Waals surface area contributed by atoms with Crippen LogP contribution in [0.2, 0.25) is 0 Å². The molecule has 1 aromatic carbocycles. The molecule has 1 fully saturated rings. The molecule has 0 spiro atoms. The van der Waals surface area contributed by atoms with E-state index in [9.17, 15) is 9.18 Å². The molecule has 0 saturated carbocycles. The Morgan fingerprint density at radius 3 is 2.88 bits per heavy atom. The molecule has 5 nitrogen and oxygen atoms in total. The van der Waals surface area contributed by atoms with Crippen LogP contribution in [-0.4, -0.2) is 36.9 Å². The molecular formula is C20H28FN3O2. The van der Waals surface area contributed by atoms with E-state index >= 15 is 0 Å². The summed E-state index contributed by atoms with van der Waals surface area (Å²) in [6.07, 6.45) is 3.89. The second kappa shape index (κ2) is 8.16. The Balaban J connectivity index is 1.66. The standard InChI is InChI=1S/C20H28FN3O2/c1-3-14(2)23-19(25)20(9-4-10-22-13-20)12-17-11-18(24-26-17)15-5-7-16(21)8-6-15/h5-8,14,17,22H,3-4,9-13H2,1-2H3,(H,23,25)/t14-,17+,20+/m1/s1. The van der Waals surface area contributed by atoms with E-state index in [2.05, 4.69) is 22.7 Å². The Labute approximate surface area is 154 Å². The largest absolute Gasteiger partial charge is 0.392 e. The number of oxime groups is 1. The van der Waals surface area contributed by atoms with Gasteiger partial charge in [-0.2, -0.15) is 0 Å². The fourth-order valence-corrected chi connectivity index (χ4v) is 3.69. The van der Waals surface area contributed by atoms with E-state index in [0.717, 1.165) is 37.1 Å². The molecule has 1 amide bonds. The zero-order valence-electron chi connectivity index (χ0n) is 15.6. The van der Waals surface area contributed by atoms with Gasteiger partial charge < -0.3 is 15.5 Å². The van der Waals surface area contributed by atoms with Crippen LogP contribution in [0.25, 0.3) is 0 Å². The van der Waals surface area contributed by atoms with Gasteiger partial charge >= 0.3 is 0 Å². The number of carbonyl (C=O) groups excluding carboxylic acids is 1. The second-order valence-corrected chi connectivity index (χ2v) is 7.52. The number of hydrogen-bond acceptors (Lipinski definition) is 4. The molecule has 0 unspecified atom stereocenters. The topological polar surface area (TPSA) is 62.7 Å². The summed E-state index contributed by atoms with van der Waals surface area (Å²) in [5.41, 5.74) is 1.23. The van der Waals surface area contributed by atoms with Crippen molar-refractivity contribution in [2.45, 2.75) is 58.1 Å². The summed E-state index contributed by atoms with van der Waals surface area (Å²) in [5, 5.41) is 10.7. The Kier molecular flexibility index (Phi) is 5.91. The highest BCUT2D eigenvalue weighted by Gasteiger charge is 2.43. The quantitative estimate of drug-likeness (QED) is 0.819. The summed E-state index contributed by atoms with van der Waals surface area (Å²) < 4.78 is 13.1. The molecule has 142 valence electrons. The number of rotatable bonds is 6. The highest BCUT2D eigenvalue weighted by atomic mass is 19.1. The average molecular weight is 361 g/mol. The maximum absolute atomic E-state index is 13.1. The van der Waals surface area contributed by atoms with Crippen LogP contribution < -0.4 is 10.6 Å². The molecule has 2 aliphatic rings. The van der Waals surface area contributed by atoms with Crippen LogP contribution in [0.1, 0.15) is 51.5 Å². The van der Waals surface area contributed by atoms with Crippen molar-refractivity contribution < 1.29 is 14.0 Å². The third-order valence-electron chi connectivity index (χ3n) is 5.47. The maximum atomic E-state index is 13.1. The van der Waals surface area contributed by atoms with Gasteiger partial charge in [-0.05, 0) is 50.4 Å². The van der Waals surface area contributed by atoms with Gasteiger partial charge in [0.15, 0.2) is 0 Å². The first-order chi connectivity index (χ1) is 12.5. The van der Waals surface area contributed by atoms with Crippen molar-refractivity contribution in [1.82, 2.24) is 10.6 Å². The van der Waals surface area contributed by atoms with Crippen molar-refractivity contribution in [2.75, 3.05) is 13.1 Å². The molecule has 1 saturated heterocycles. The molecule has 0 aliphatic carbocycles. The van der Waals surface area contributed by atoms with Gasteiger partial charge in [0.05, 0.1) is 11.1 Å². The minimum Gasteiger partial charge on any atom is -0.392 e. The van der Waals surface area contributed by atoms with Gasteiger partial charge in [-0.1, -0.05) is 24.2 Å². The lowest BCUT2D eigenvalue weighted by atomic mass is 9.74. The van der Waals surface area contributed by atoms with Crippen molar-refractivity contribution in [2.24, 2.45) is 10.6 Å². The number of carbonyl (C=O) groups is 1. The summed E-state index contributed by atoms with van der Waals surface area (Å²) >= 11 is 0. The van der Waals surface area contributed by atoms with E-state index in [1.54, 1.807) is 12.1 Å². The van der Waals surface area contributed by atoms with Crippen molar-refractivity contribution in [3.05, 3.63) is 35.6 Å². The number of hydrogen-bond donors (Lipinski definition) is 2. The minimum atomic E-state index is -0.458. The summed E-state index contributed by atoms with van der Waals surface area (Å²) in [6.45, 7) is 5.71. The number of piperidine rings is 1. The fraction of sp³-hybridized carbons (Fsp3) is 0.600. The predicted octanol–water partition coefficient (Wildman–Crippen LogP) is 2.99. The first kappa shape index (κ1) is 18.8. The third kappa shape index (κ3) is 4.23. The summed E-state index contributed by atoms with van der Waals surface area (Å²) in [4.78, 5) is 18.6. The Bertz CT molecular complexity index is 654. The Hall–Kier alpha value is -1.95. The van der Waals surface area contributed by atoms with Crippen LogP contribution in [0.4, 0.5) is 4.39 Å². The molecule has 2 N–H and O–H groups in total. The lowest BCUT2D eigenvalue weighted by molar-refractivity contribution is -0.135. The van der Waals surface area contributed by atoms with Gasteiger partial charge in [-0.25, -0.2) is 4.39 Å². The highest BCUT2D eigenvalue weighted by molar-refractivity contribution is 6.01. The van der Waals surface area contributed by atoms with E-state index in [4.69, 9.17) is 4.84 Å². The number of amides is 1. The second-order valence-electron chi connectivity index (χ2n) is 7.52. The summed E-state index contributed by atoms with van der Waals surface area (Å²) in [7, 11) is 0. The molecule has 0 bridgehead atoms. The van der Waals surface area contributed by atoms with E-state index in [-0.39, 0.29) is 23.9 Å². The zero-order chi connectivity index (χ0) is 18.6. The first-order valence-corrected chi connectivity index (χ1v) is 9.53. The van der Waals surface area contributed by atoms with E-state index in [1.165, 1.54) is 12.1 Å². The van der Waals surface area contributed by atoms with Crippen molar-refractivity contribution in [1.29, 1.82) is 0 Å². The number of nitrogens with one attached hydrogen (secondary N) is 2.